The fourth-order valence-electron chi connectivity index (χ4n) is 3.02. The fraction of sp³-hybridized carbons (Fsp3) is 0.0952. The van der Waals surface area contributed by atoms with Gasteiger partial charge in [0.1, 0.15) is 21.3 Å². The Morgan fingerprint density at radius 3 is 2.61 bits per heavy atom. The molecule has 0 aliphatic carbocycles. The summed E-state index contributed by atoms with van der Waals surface area (Å²) < 4.78 is 11.4. The molecule has 0 radical (unpaired) electrons. The van der Waals surface area contributed by atoms with Gasteiger partial charge >= 0.3 is 0 Å². The second kappa shape index (κ2) is 7.61. The van der Waals surface area contributed by atoms with Gasteiger partial charge in [-0.05, 0) is 35.9 Å². The van der Waals surface area contributed by atoms with Crippen molar-refractivity contribution >= 4 is 51.2 Å². The number of aromatic nitrogens is 1. The molecule has 2 aromatic carbocycles. The van der Waals surface area contributed by atoms with Crippen LogP contribution in [0.25, 0.3) is 28.2 Å². The predicted molar refractivity (Wildman–Crippen MR) is 117 cm³/mol. The van der Waals surface area contributed by atoms with Crippen LogP contribution in [-0.4, -0.2) is 29.4 Å². The molecule has 7 heteroatoms. The van der Waals surface area contributed by atoms with Gasteiger partial charge in [-0.1, -0.05) is 48.2 Å². The number of pyridine rings is 1. The van der Waals surface area contributed by atoms with Crippen LogP contribution in [0.4, 0.5) is 0 Å². The smallest absolute Gasteiger partial charge is 0.263 e. The maximum atomic E-state index is 11.9. The largest absolute Gasteiger partial charge is 0.496 e. The molecule has 1 N–H and O–H groups in total. The van der Waals surface area contributed by atoms with E-state index >= 15 is 0 Å². The summed E-state index contributed by atoms with van der Waals surface area (Å²) in [5.74, 6) is 1.23. The minimum atomic E-state index is -0.180. The molecule has 4 rings (SSSR count). The third-order valence-electron chi connectivity index (χ3n) is 4.34. The van der Waals surface area contributed by atoms with Crippen LogP contribution in [0.1, 0.15) is 5.56 Å². The van der Waals surface area contributed by atoms with Gasteiger partial charge in [0.2, 0.25) is 0 Å². The summed E-state index contributed by atoms with van der Waals surface area (Å²) in [5.41, 5.74) is 3.23. The molecule has 0 atom stereocenters. The van der Waals surface area contributed by atoms with Gasteiger partial charge < -0.3 is 14.8 Å². The van der Waals surface area contributed by atoms with Gasteiger partial charge in [-0.15, -0.1) is 0 Å². The van der Waals surface area contributed by atoms with Crippen molar-refractivity contribution in [2.24, 2.45) is 0 Å². The molecule has 1 aromatic heterocycles. The molecule has 1 fully saturated rings. The van der Waals surface area contributed by atoms with E-state index in [4.69, 9.17) is 26.7 Å². The zero-order valence-electron chi connectivity index (χ0n) is 15.2. The van der Waals surface area contributed by atoms with Gasteiger partial charge in [0, 0.05) is 10.9 Å². The minimum Gasteiger partial charge on any atom is -0.496 e. The van der Waals surface area contributed by atoms with Crippen molar-refractivity contribution in [3.63, 3.8) is 0 Å². The average molecular weight is 409 g/mol. The van der Waals surface area contributed by atoms with Crippen LogP contribution < -0.4 is 14.8 Å². The topological polar surface area (TPSA) is 60.5 Å². The number of thiocarbonyl (C=S) groups is 1. The number of hydrogen-bond acceptors (Lipinski definition) is 6. The zero-order valence-corrected chi connectivity index (χ0v) is 16.8. The van der Waals surface area contributed by atoms with E-state index in [1.807, 2.05) is 54.6 Å². The lowest BCUT2D eigenvalue weighted by Gasteiger charge is -2.11. The molecular weight excluding hydrogens is 392 g/mol. The number of nitrogens with zero attached hydrogens (tertiary/aromatic N) is 1. The van der Waals surface area contributed by atoms with E-state index in [1.54, 1.807) is 14.2 Å². The van der Waals surface area contributed by atoms with E-state index in [2.05, 4.69) is 5.32 Å². The van der Waals surface area contributed by atoms with E-state index in [1.165, 1.54) is 11.8 Å². The summed E-state index contributed by atoms with van der Waals surface area (Å²) in [6.45, 7) is 0. The molecular formula is C21H16N2O3S2. The number of methoxy groups -OCH3 is 2. The highest BCUT2D eigenvalue weighted by Crippen LogP contribution is 2.34. The monoisotopic (exact) mass is 408 g/mol. The first-order chi connectivity index (χ1) is 13.6. The first-order valence-corrected chi connectivity index (χ1v) is 9.68. The number of hydrogen-bond donors (Lipinski definition) is 1. The molecule has 1 amide bonds. The number of carbonyl (C=O) groups excluding carboxylic acids is 1. The van der Waals surface area contributed by atoms with Crippen molar-refractivity contribution < 1.29 is 14.3 Å². The summed E-state index contributed by atoms with van der Waals surface area (Å²) in [5, 5.41) is 3.62. The molecule has 1 saturated heterocycles. The second-order valence-corrected chi connectivity index (χ2v) is 7.76. The number of rotatable bonds is 4. The number of amides is 1. The second-order valence-electron chi connectivity index (χ2n) is 6.04. The normalized spacial score (nSPS) is 15.1. The Hall–Kier alpha value is -2.90. The third kappa shape index (κ3) is 3.46. The van der Waals surface area contributed by atoms with Crippen LogP contribution in [-0.2, 0) is 4.79 Å². The Kier molecular flexibility index (Phi) is 5.02. The molecule has 1 aliphatic rings. The number of nitrogens with one attached hydrogen (secondary N) is 1. The van der Waals surface area contributed by atoms with Crippen LogP contribution in [0.3, 0.4) is 0 Å². The van der Waals surface area contributed by atoms with Gasteiger partial charge in [0.15, 0.2) is 0 Å². The number of carbonyl (C=O) groups is 1. The van der Waals surface area contributed by atoms with Crippen LogP contribution in [0.5, 0.6) is 11.5 Å². The Morgan fingerprint density at radius 2 is 1.89 bits per heavy atom. The van der Waals surface area contributed by atoms with Crippen molar-refractivity contribution in [2.75, 3.05) is 14.2 Å². The molecule has 3 aromatic rings. The number of para-hydroxylation sites is 1. The number of benzene rings is 2. The van der Waals surface area contributed by atoms with E-state index in [-0.39, 0.29) is 5.91 Å². The predicted octanol–water partition coefficient (Wildman–Crippen LogP) is 4.41. The molecule has 0 saturated carbocycles. The SMILES string of the molecule is COc1ccc(C=C2SC(=S)NC2=O)cc1-c1ccc2cccc(OC)c2n1. The van der Waals surface area contributed by atoms with Crippen molar-refractivity contribution in [3.05, 3.63) is 59.0 Å². The highest BCUT2D eigenvalue weighted by atomic mass is 32.2. The lowest BCUT2D eigenvalue weighted by Crippen LogP contribution is -2.17. The van der Waals surface area contributed by atoms with Crippen LogP contribution in [0.2, 0.25) is 0 Å². The first kappa shape index (κ1) is 18.5. The van der Waals surface area contributed by atoms with Gasteiger partial charge in [-0.2, -0.15) is 0 Å². The molecule has 1 aliphatic heterocycles. The van der Waals surface area contributed by atoms with E-state index in [0.29, 0.717) is 20.7 Å². The maximum Gasteiger partial charge on any atom is 0.263 e. The maximum absolute atomic E-state index is 11.9. The number of fused-ring (bicyclic) bond motifs is 1. The quantitative estimate of drug-likeness (QED) is 0.510. The summed E-state index contributed by atoms with van der Waals surface area (Å²) in [4.78, 5) is 17.3. The fourth-order valence-corrected chi connectivity index (χ4v) is 4.07. The number of ether oxygens (including phenoxy) is 2. The first-order valence-electron chi connectivity index (χ1n) is 8.46. The highest BCUT2D eigenvalue weighted by Gasteiger charge is 2.22. The van der Waals surface area contributed by atoms with Gasteiger partial charge in [0.05, 0.1) is 24.8 Å². The molecule has 5 nitrogen and oxygen atoms in total. The molecule has 0 spiro atoms. The Balaban J connectivity index is 1.83. The lowest BCUT2D eigenvalue weighted by atomic mass is 10.0. The van der Waals surface area contributed by atoms with Crippen molar-refractivity contribution in [1.29, 1.82) is 0 Å². The van der Waals surface area contributed by atoms with E-state index in [9.17, 15) is 4.79 Å². The zero-order chi connectivity index (χ0) is 19.7. The van der Waals surface area contributed by atoms with Crippen molar-refractivity contribution in [1.82, 2.24) is 10.3 Å². The van der Waals surface area contributed by atoms with Gasteiger partial charge in [0.25, 0.3) is 5.91 Å². The molecule has 140 valence electrons. The Bertz CT molecular complexity index is 1140. The summed E-state index contributed by atoms with van der Waals surface area (Å²) in [6.07, 6.45) is 1.81. The lowest BCUT2D eigenvalue weighted by molar-refractivity contribution is -0.115. The molecule has 0 unspecified atom stereocenters. The van der Waals surface area contributed by atoms with E-state index < -0.39 is 0 Å². The summed E-state index contributed by atoms with van der Waals surface area (Å²) in [7, 11) is 3.25. The Morgan fingerprint density at radius 1 is 1.07 bits per heavy atom. The molecule has 0 bridgehead atoms. The third-order valence-corrected chi connectivity index (χ3v) is 5.51. The standard InChI is InChI=1S/C21H16N2O3S2/c1-25-16-9-6-12(11-18-20(24)23-21(27)28-18)10-14(16)15-8-7-13-4-3-5-17(26-2)19(13)22-15/h3-11H,1-2H3,(H,23,24,27). The highest BCUT2D eigenvalue weighted by molar-refractivity contribution is 8.26. The van der Waals surface area contributed by atoms with Crippen LogP contribution in [0, 0.1) is 0 Å². The molecule has 28 heavy (non-hydrogen) atoms. The average Bonchev–Trinajstić information content (AvgIpc) is 3.03. The molecule has 2 heterocycles. The Labute approximate surface area is 171 Å². The van der Waals surface area contributed by atoms with Crippen LogP contribution >= 0.6 is 24.0 Å². The van der Waals surface area contributed by atoms with Gasteiger partial charge in [-0.3, -0.25) is 4.79 Å². The summed E-state index contributed by atoms with van der Waals surface area (Å²) in [6, 6.07) is 15.5. The van der Waals surface area contributed by atoms with E-state index in [0.717, 1.165) is 27.7 Å². The van der Waals surface area contributed by atoms with Crippen LogP contribution in [0.15, 0.2) is 53.4 Å². The van der Waals surface area contributed by atoms with Crippen molar-refractivity contribution in [2.45, 2.75) is 0 Å². The van der Waals surface area contributed by atoms with Crippen molar-refractivity contribution in [3.8, 4) is 22.8 Å². The minimum absolute atomic E-state index is 0.180. The summed E-state index contributed by atoms with van der Waals surface area (Å²) >= 11 is 6.30. The van der Waals surface area contributed by atoms with Gasteiger partial charge in [-0.25, -0.2) is 4.98 Å². The number of thioether (sulfide) groups is 1.